The van der Waals surface area contributed by atoms with E-state index < -0.39 is 0 Å². The first-order chi connectivity index (χ1) is 13.7. The van der Waals surface area contributed by atoms with Gasteiger partial charge in [-0.3, -0.25) is 4.79 Å². The Hall–Kier alpha value is -3.16. The Morgan fingerprint density at radius 2 is 2.00 bits per heavy atom. The van der Waals surface area contributed by atoms with Crippen molar-refractivity contribution in [3.63, 3.8) is 0 Å². The molecule has 0 bridgehead atoms. The van der Waals surface area contributed by atoms with E-state index in [1.54, 1.807) is 36.4 Å². The molecule has 0 aliphatic heterocycles. The van der Waals surface area contributed by atoms with Crippen molar-refractivity contribution >= 4 is 34.5 Å². The molecule has 0 radical (unpaired) electrons. The van der Waals surface area contributed by atoms with E-state index in [9.17, 15) is 4.79 Å². The van der Waals surface area contributed by atoms with E-state index >= 15 is 0 Å². The highest BCUT2D eigenvalue weighted by atomic mass is 35.5. The van der Waals surface area contributed by atoms with Crippen LogP contribution in [0.15, 0.2) is 70.6 Å². The second-order valence-corrected chi connectivity index (χ2v) is 7.16. The van der Waals surface area contributed by atoms with E-state index in [1.807, 2.05) is 29.6 Å². The molecule has 4 rings (SSSR count). The van der Waals surface area contributed by atoms with Gasteiger partial charge in [0.15, 0.2) is 6.61 Å². The third-order valence-electron chi connectivity index (χ3n) is 3.75. The van der Waals surface area contributed by atoms with Crippen molar-refractivity contribution in [3.05, 3.63) is 71.1 Å². The average Bonchev–Trinajstić information content (AvgIpc) is 3.40. The minimum Gasteiger partial charge on any atom is -0.484 e. The number of thiophene rings is 1. The third-order valence-corrected chi connectivity index (χ3v) is 4.86. The van der Waals surface area contributed by atoms with E-state index in [1.165, 1.54) is 11.3 Å². The maximum Gasteiger partial charge on any atom is 0.268 e. The number of ether oxygens (including phenoxy) is 1. The first kappa shape index (κ1) is 18.2. The highest BCUT2D eigenvalue weighted by molar-refractivity contribution is 7.13. The predicted octanol–water partition coefficient (Wildman–Crippen LogP) is 5.14. The highest BCUT2D eigenvalue weighted by Gasteiger charge is 2.12. The molecule has 6 nitrogen and oxygen atoms in total. The van der Waals surface area contributed by atoms with Crippen molar-refractivity contribution in [2.75, 3.05) is 11.9 Å². The molecule has 0 aliphatic carbocycles. The molecular weight excluding hydrogens is 398 g/mol. The summed E-state index contributed by atoms with van der Waals surface area (Å²) in [6.07, 6.45) is 0. The lowest BCUT2D eigenvalue weighted by molar-refractivity contribution is -0.118. The van der Waals surface area contributed by atoms with Crippen molar-refractivity contribution in [1.82, 2.24) is 10.1 Å². The monoisotopic (exact) mass is 411 g/mol. The van der Waals surface area contributed by atoms with Gasteiger partial charge in [-0.1, -0.05) is 35.0 Å². The van der Waals surface area contributed by atoms with Crippen LogP contribution in [0.25, 0.3) is 22.2 Å². The Kier molecular flexibility index (Phi) is 5.36. The third kappa shape index (κ3) is 4.39. The van der Waals surface area contributed by atoms with Crippen molar-refractivity contribution in [2.45, 2.75) is 0 Å². The van der Waals surface area contributed by atoms with Gasteiger partial charge in [0.2, 0.25) is 5.82 Å². The SMILES string of the molecule is O=C(COc1cccc(-c2noc(-c3cccs3)n2)c1)Nc1ccc(Cl)cc1. The molecule has 8 heteroatoms. The molecule has 2 aromatic heterocycles. The molecule has 0 aliphatic rings. The average molecular weight is 412 g/mol. The zero-order valence-electron chi connectivity index (χ0n) is 14.5. The van der Waals surface area contributed by atoms with Crippen LogP contribution in [-0.4, -0.2) is 22.7 Å². The van der Waals surface area contributed by atoms with E-state index in [2.05, 4.69) is 15.5 Å². The summed E-state index contributed by atoms with van der Waals surface area (Å²) >= 11 is 7.36. The highest BCUT2D eigenvalue weighted by Crippen LogP contribution is 2.27. The summed E-state index contributed by atoms with van der Waals surface area (Å²) in [5.41, 5.74) is 1.39. The van der Waals surface area contributed by atoms with Gasteiger partial charge in [-0.2, -0.15) is 4.98 Å². The van der Waals surface area contributed by atoms with Crippen LogP contribution in [0.1, 0.15) is 0 Å². The molecule has 0 fully saturated rings. The predicted molar refractivity (Wildman–Crippen MR) is 109 cm³/mol. The Bertz CT molecular complexity index is 1080. The first-order valence-electron chi connectivity index (χ1n) is 8.33. The number of amides is 1. The molecule has 0 saturated heterocycles. The summed E-state index contributed by atoms with van der Waals surface area (Å²) in [6.45, 7) is -0.126. The van der Waals surface area contributed by atoms with Crippen LogP contribution in [0.5, 0.6) is 5.75 Å². The molecule has 0 unspecified atom stereocenters. The fraction of sp³-hybridized carbons (Fsp3) is 0.0500. The van der Waals surface area contributed by atoms with Crippen LogP contribution < -0.4 is 10.1 Å². The Balaban J connectivity index is 1.40. The van der Waals surface area contributed by atoms with Gasteiger partial charge in [-0.15, -0.1) is 11.3 Å². The van der Waals surface area contributed by atoms with Crippen LogP contribution in [0.2, 0.25) is 5.02 Å². The van der Waals surface area contributed by atoms with E-state index in [0.717, 1.165) is 10.4 Å². The number of aromatic nitrogens is 2. The maximum atomic E-state index is 12.1. The fourth-order valence-corrected chi connectivity index (χ4v) is 3.22. The number of carbonyl (C=O) groups excluding carboxylic acids is 1. The van der Waals surface area contributed by atoms with Gasteiger partial charge in [0.1, 0.15) is 5.75 Å². The lowest BCUT2D eigenvalue weighted by atomic mass is 10.2. The van der Waals surface area contributed by atoms with Gasteiger partial charge in [-0.05, 0) is 47.8 Å². The molecule has 0 atom stereocenters. The zero-order valence-corrected chi connectivity index (χ0v) is 16.0. The van der Waals surface area contributed by atoms with Crippen molar-refractivity contribution in [3.8, 4) is 27.9 Å². The van der Waals surface area contributed by atoms with E-state index in [4.69, 9.17) is 20.9 Å². The van der Waals surface area contributed by atoms with Crippen molar-refractivity contribution in [1.29, 1.82) is 0 Å². The molecule has 0 spiro atoms. The summed E-state index contributed by atoms with van der Waals surface area (Å²) in [6, 6.07) is 17.9. The molecule has 140 valence electrons. The van der Waals surface area contributed by atoms with E-state index in [0.29, 0.717) is 28.2 Å². The Morgan fingerprint density at radius 1 is 1.14 bits per heavy atom. The standard InChI is InChI=1S/C20H14ClN3O3S/c21-14-6-8-15(9-7-14)22-18(25)12-26-16-4-1-3-13(11-16)19-23-20(27-24-19)17-5-2-10-28-17/h1-11H,12H2,(H,22,25). The summed E-state index contributed by atoms with van der Waals surface area (Å²) in [7, 11) is 0. The van der Waals surface area contributed by atoms with Crippen LogP contribution in [0, 0.1) is 0 Å². The number of nitrogens with one attached hydrogen (secondary N) is 1. The lowest BCUT2D eigenvalue weighted by Gasteiger charge is -2.08. The van der Waals surface area contributed by atoms with Gasteiger partial charge >= 0.3 is 0 Å². The van der Waals surface area contributed by atoms with Crippen molar-refractivity contribution < 1.29 is 14.1 Å². The van der Waals surface area contributed by atoms with Crippen molar-refractivity contribution in [2.24, 2.45) is 0 Å². The fourth-order valence-electron chi connectivity index (χ4n) is 2.45. The summed E-state index contributed by atoms with van der Waals surface area (Å²) < 4.78 is 10.9. The number of hydrogen-bond donors (Lipinski definition) is 1. The molecule has 2 aromatic carbocycles. The quantitative estimate of drug-likeness (QED) is 0.475. The molecule has 4 aromatic rings. The van der Waals surface area contributed by atoms with Gasteiger partial charge in [0.25, 0.3) is 11.8 Å². The number of nitrogens with zero attached hydrogens (tertiary/aromatic N) is 2. The number of rotatable bonds is 6. The second-order valence-electron chi connectivity index (χ2n) is 5.77. The maximum absolute atomic E-state index is 12.1. The van der Waals surface area contributed by atoms with Gasteiger partial charge in [0.05, 0.1) is 4.88 Å². The Morgan fingerprint density at radius 3 is 2.79 bits per heavy atom. The molecule has 2 heterocycles. The number of halogens is 1. The normalized spacial score (nSPS) is 10.6. The molecule has 28 heavy (non-hydrogen) atoms. The number of carbonyl (C=O) groups is 1. The van der Waals surface area contributed by atoms with Gasteiger partial charge in [0, 0.05) is 16.3 Å². The molecule has 1 N–H and O–H groups in total. The van der Waals surface area contributed by atoms with Gasteiger partial charge < -0.3 is 14.6 Å². The lowest BCUT2D eigenvalue weighted by Crippen LogP contribution is -2.20. The zero-order chi connectivity index (χ0) is 19.3. The topological polar surface area (TPSA) is 77.2 Å². The van der Waals surface area contributed by atoms with Crippen LogP contribution >= 0.6 is 22.9 Å². The summed E-state index contributed by atoms with van der Waals surface area (Å²) in [4.78, 5) is 17.4. The first-order valence-corrected chi connectivity index (χ1v) is 9.59. The number of hydrogen-bond acceptors (Lipinski definition) is 6. The van der Waals surface area contributed by atoms with E-state index in [-0.39, 0.29) is 12.5 Å². The molecule has 0 saturated carbocycles. The van der Waals surface area contributed by atoms with Gasteiger partial charge in [-0.25, -0.2) is 0 Å². The van der Waals surface area contributed by atoms with Crippen LogP contribution in [0.3, 0.4) is 0 Å². The largest absolute Gasteiger partial charge is 0.484 e. The molecule has 1 amide bonds. The number of benzene rings is 2. The second kappa shape index (κ2) is 8.24. The summed E-state index contributed by atoms with van der Waals surface area (Å²) in [5.74, 6) is 1.19. The minimum absolute atomic E-state index is 0.126. The van der Waals surface area contributed by atoms with Crippen LogP contribution in [-0.2, 0) is 4.79 Å². The minimum atomic E-state index is -0.271. The summed E-state index contributed by atoms with van der Waals surface area (Å²) in [5, 5.41) is 9.31. The smallest absolute Gasteiger partial charge is 0.268 e. The Labute approximate surface area is 169 Å². The number of anilines is 1. The molecular formula is C20H14ClN3O3S. The van der Waals surface area contributed by atoms with Crippen LogP contribution in [0.4, 0.5) is 5.69 Å².